The summed E-state index contributed by atoms with van der Waals surface area (Å²) in [6, 6.07) is 7.95. The van der Waals surface area contributed by atoms with Crippen molar-refractivity contribution in [3.63, 3.8) is 0 Å². The van der Waals surface area contributed by atoms with Crippen molar-refractivity contribution in [3.05, 3.63) is 34.3 Å². The molecule has 20 heavy (non-hydrogen) atoms. The Morgan fingerprint density at radius 3 is 2.50 bits per heavy atom. The quantitative estimate of drug-likeness (QED) is 0.915. The SMILES string of the molecule is CC(C)(C)[C@@H](N)C(=O)N(Cc1ccccc1Br)C1CC1. The molecule has 1 saturated carbocycles. The van der Waals surface area contributed by atoms with Gasteiger partial charge in [0, 0.05) is 17.1 Å². The zero-order valence-electron chi connectivity index (χ0n) is 12.4. The maximum Gasteiger partial charge on any atom is 0.240 e. The summed E-state index contributed by atoms with van der Waals surface area (Å²) in [7, 11) is 0. The van der Waals surface area contributed by atoms with E-state index < -0.39 is 6.04 Å². The topological polar surface area (TPSA) is 46.3 Å². The van der Waals surface area contributed by atoms with Crippen LogP contribution in [0.25, 0.3) is 0 Å². The molecular weight excluding hydrogens is 316 g/mol. The predicted octanol–water partition coefficient (Wildman–Crippen LogP) is 3.31. The van der Waals surface area contributed by atoms with Crippen LogP contribution in [0, 0.1) is 5.41 Å². The molecular formula is C16H23BrN2O. The smallest absolute Gasteiger partial charge is 0.240 e. The van der Waals surface area contributed by atoms with Crippen LogP contribution in [0.2, 0.25) is 0 Å². The molecule has 1 aliphatic rings. The van der Waals surface area contributed by atoms with E-state index in [1.165, 1.54) is 0 Å². The molecule has 0 spiro atoms. The Bertz CT molecular complexity index is 491. The first-order chi connectivity index (χ1) is 9.30. The Kier molecular flexibility index (Phi) is 4.55. The van der Waals surface area contributed by atoms with Crippen molar-refractivity contribution in [3.8, 4) is 0 Å². The Hall–Kier alpha value is -0.870. The van der Waals surface area contributed by atoms with Gasteiger partial charge < -0.3 is 10.6 Å². The highest BCUT2D eigenvalue weighted by atomic mass is 79.9. The molecule has 0 aliphatic heterocycles. The van der Waals surface area contributed by atoms with Crippen LogP contribution < -0.4 is 5.73 Å². The minimum absolute atomic E-state index is 0.0655. The summed E-state index contributed by atoms with van der Waals surface area (Å²) < 4.78 is 1.04. The molecule has 1 atom stereocenters. The first-order valence-electron chi connectivity index (χ1n) is 7.10. The third kappa shape index (κ3) is 3.61. The molecule has 0 aromatic heterocycles. The molecule has 0 unspecified atom stereocenters. The zero-order chi connectivity index (χ0) is 14.9. The monoisotopic (exact) mass is 338 g/mol. The molecule has 110 valence electrons. The third-order valence-corrected chi connectivity index (χ3v) is 4.54. The number of nitrogens with two attached hydrogens (primary N) is 1. The van der Waals surface area contributed by atoms with Crippen LogP contribution >= 0.6 is 15.9 Å². The van der Waals surface area contributed by atoms with Crippen molar-refractivity contribution in [2.75, 3.05) is 0 Å². The van der Waals surface area contributed by atoms with Crippen molar-refractivity contribution in [2.45, 2.75) is 52.2 Å². The number of rotatable bonds is 4. The number of hydrogen-bond donors (Lipinski definition) is 1. The molecule has 0 heterocycles. The van der Waals surface area contributed by atoms with Crippen LogP contribution in [0.3, 0.4) is 0 Å². The van der Waals surface area contributed by atoms with Gasteiger partial charge in [0.15, 0.2) is 0 Å². The number of hydrogen-bond acceptors (Lipinski definition) is 2. The summed E-state index contributed by atoms with van der Waals surface area (Å²) in [5.41, 5.74) is 7.07. The lowest BCUT2D eigenvalue weighted by molar-refractivity contribution is -0.136. The lowest BCUT2D eigenvalue weighted by Crippen LogP contribution is -2.50. The largest absolute Gasteiger partial charge is 0.334 e. The molecule has 3 nitrogen and oxygen atoms in total. The zero-order valence-corrected chi connectivity index (χ0v) is 14.0. The van der Waals surface area contributed by atoms with Gasteiger partial charge >= 0.3 is 0 Å². The van der Waals surface area contributed by atoms with E-state index >= 15 is 0 Å². The second kappa shape index (κ2) is 5.86. The van der Waals surface area contributed by atoms with Gasteiger partial charge in [-0.2, -0.15) is 0 Å². The van der Waals surface area contributed by atoms with E-state index in [0.717, 1.165) is 22.9 Å². The fraction of sp³-hybridized carbons (Fsp3) is 0.562. The van der Waals surface area contributed by atoms with Crippen LogP contribution in [0.5, 0.6) is 0 Å². The van der Waals surface area contributed by atoms with Gasteiger partial charge in [0.2, 0.25) is 5.91 Å². The van der Waals surface area contributed by atoms with Crippen LogP contribution in [0.4, 0.5) is 0 Å². The van der Waals surface area contributed by atoms with Crippen molar-refractivity contribution in [1.29, 1.82) is 0 Å². The number of amides is 1. The number of benzene rings is 1. The molecule has 0 bridgehead atoms. The number of halogens is 1. The Balaban J connectivity index is 2.16. The first-order valence-corrected chi connectivity index (χ1v) is 7.89. The molecule has 2 N–H and O–H groups in total. The Morgan fingerprint density at radius 1 is 1.40 bits per heavy atom. The van der Waals surface area contributed by atoms with Crippen LogP contribution in [0.1, 0.15) is 39.2 Å². The summed E-state index contributed by atoms with van der Waals surface area (Å²) in [5, 5.41) is 0. The van der Waals surface area contributed by atoms with Gasteiger partial charge in [-0.15, -0.1) is 0 Å². The Labute approximate surface area is 129 Å². The fourth-order valence-corrected chi connectivity index (χ4v) is 2.54. The number of carbonyl (C=O) groups is 1. The second-order valence-electron chi connectivity index (χ2n) is 6.63. The summed E-state index contributed by atoms with van der Waals surface area (Å²) in [5.74, 6) is 0.0655. The minimum Gasteiger partial charge on any atom is -0.334 e. The van der Waals surface area contributed by atoms with Crippen molar-refractivity contribution in [1.82, 2.24) is 4.90 Å². The van der Waals surface area contributed by atoms with Crippen molar-refractivity contribution >= 4 is 21.8 Å². The maximum atomic E-state index is 12.7. The average Bonchev–Trinajstić information content (AvgIpc) is 3.19. The Morgan fingerprint density at radius 2 is 2.00 bits per heavy atom. The van der Waals surface area contributed by atoms with E-state index in [1.807, 2.05) is 43.9 Å². The van der Waals surface area contributed by atoms with E-state index in [9.17, 15) is 4.79 Å². The molecule has 1 amide bonds. The highest BCUT2D eigenvalue weighted by Crippen LogP contribution is 2.32. The molecule has 0 radical (unpaired) electrons. The van der Waals surface area contributed by atoms with Crippen molar-refractivity contribution < 1.29 is 4.79 Å². The van der Waals surface area contributed by atoms with Crippen LogP contribution in [-0.2, 0) is 11.3 Å². The van der Waals surface area contributed by atoms with E-state index in [4.69, 9.17) is 5.73 Å². The molecule has 0 saturated heterocycles. The van der Waals surface area contributed by atoms with Gasteiger partial charge in [-0.25, -0.2) is 0 Å². The molecule has 1 aromatic rings. The maximum absolute atomic E-state index is 12.7. The standard InChI is InChI=1S/C16H23BrN2O/c1-16(2,3)14(18)15(20)19(12-8-9-12)10-11-6-4-5-7-13(11)17/h4-7,12,14H,8-10,18H2,1-3H3/t14-/m0/s1. The summed E-state index contributed by atoms with van der Waals surface area (Å²) in [4.78, 5) is 14.6. The molecule has 1 aliphatic carbocycles. The molecule has 1 fully saturated rings. The average molecular weight is 339 g/mol. The molecule has 1 aromatic carbocycles. The fourth-order valence-electron chi connectivity index (χ4n) is 2.13. The third-order valence-electron chi connectivity index (χ3n) is 3.77. The van der Waals surface area contributed by atoms with Gasteiger partial charge in [0.05, 0.1) is 6.04 Å². The summed E-state index contributed by atoms with van der Waals surface area (Å²) in [6.07, 6.45) is 2.18. The molecule has 2 rings (SSSR count). The predicted molar refractivity (Wildman–Crippen MR) is 85.1 cm³/mol. The van der Waals surface area contributed by atoms with Gasteiger partial charge in [-0.3, -0.25) is 4.79 Å². The summed E-state index contributed by atoms with van der Waals surface area (Å²) in [6.45, 7) is 6.67. The number of nitrogens with zero attached hydrogens (tertiary/aromatic N) is 1. The lowest BCUT2D eigenvalue weighted by atomic mass is 9.86. The summed E-state index contributed by atoms with van der Waals surface area (Å²) >= 11 is 3.55. The van der Waals surface area contributed by atoms with E-state index in [-0.39, 0.29) is 11.3 Å². The second-order valence-corrected chi connectivity index (χ2v) is 7.49. The van der Waals surface area contributed by atoms with E-state index in [1.54, 1.807) is 0 Å². The van der Waals surface area contributed by atoms with Gasteiger partial charge in [0.25, 0.3) is 0 Å². The minimum atomic E-state index is -0.453. The van der Waals surface area contributed by atoms with E-state index in [2.05, 4.69) is 22.0 Å². The molecule has 4 heteroatoms. The van der Waals surface area contributed by atoms with E-state index in [0.29, 0.717) is 12.6 Å². The highest BCUT2D eigenvalue weighted by molar-refractivity contribution is 9.10. The normalized spacial score (nSPS) is 16.9. The van der Waals surface area contributed by atoms with Gasteiger partial charge in [-0.05, 0) is 29.9 Å². The van der Waals surface area contributed by atoms with Crippen LogP contribution in [-0.4, -0.2) is 22.9 Å². The van der Waals surface area contributed by atoms with Gasteiger partial charge in [0.1, 0.15) is 0 Å². The number of carbonyl (C=O) groups excluding carboxylic acids is 1. The lowest BCUT2D eigenvalue weighted by Gasteiger charge is -2.32. The van der Waals surface area contributed by atoms with Crippen LogP contribution in [0.15, 0.2) is 28.7 Å². The highest BCUT2D eigenvalue weighted by Gasteiger charge is 2.38. The van der Waals surface area contributed by atoms with Crippen molar-refractivity contribution in [2.24, 2.45) is 11.1 Å². The first kappa shape index (κ1) is 15.5. The van der Waals surface area contributed by atoms with Gasteiger partial charge in [-0.1, -0.05) is 54.9 Å².